The molecule has 2 nitrogen and oxygen atoms in total. The van der Waals surface area contributed by atoms with Gasteiger partial charge in [-0.15, -0.1) is 22.7 Å². The van der Waals surface area contributed by atoms with Gasteiger partial charge in [0.25, 0.3) is 0 Å². The number of thiophene rings is 2. The Bertz CT molecular complexity index is 506. The van der Waals surface area contributed by atoms with Gasteiger partial charge in [0.05, 0.1) is 21.8 Å². The van der Waals surface area contributed by atoms with E-state index in [1.807, 2.05) is 13.1 Å². The Morgan fingerprint density at radius 2 is 2.24 bits per heavy atom. The van der Waals surface area contributed by atoms with Crippen molar-refractivity contribution in [3.8, 4) is 5.75 Å². The third kappa shape index (κ3) is 2.57. The molecule has 0 radical (unpaired) electrons. The van der Waals surface area contributed by atoms with Gasteiger partial charge in [-0.1, -0.05) is 0 Å². The van der Waals surface area contributed by atoms with Gasteiger partial charge in [-0.25, -0.2) is 0 Å². The summed E-state index contributed by atoms with van der Waals surface area (Å²) in [6.07, 6.45) is 0. The van der Waals surface area contributed by atoms with E-state index in [9.17, 15) is 0 Å². The van der Waals surface area contributed by atoms with Crippen molar-refractivity contribution in [1.29, 1.82) is 0 Å². The zero-order chi connectivity index (χ0) is 12.4. The minimum atomic E-state index is 0.201. The largest absolute Gasteiger partial charge is 0.496 e. The molecule has 0 saturated heterocycles. The van der Waals surface area contributed by atoms with Crippen molar-refractivity contribution in [1.82, 2.24) is 5.32 Å². The highest BCUT2D eigenvalue weighted by Gasteiger charge is 2.21. The number of ether oxygens (including phenoxy) is 1. The summed E-state index contributed by atoms with van der Waals surface area (Å²) in [6, 6.07) is 4.40. The van der Waals surface area contributed by atoms with Crippen LogP contribution >= 0.6 is 38.6 Å². The van der Waals surface area contributed by atoms with Gasteiger partial charge >= 0.3 is 0 Å². The number of hydrogen-bond donors (Lipinski definition) is 1. The summed E-state index contributed by atoms with van der Waals surface area (Å²) in [5.41, 5.74) is 1.31. The smallest absolute Gasteiger partial charge is 0.134 e. The van der Waals surface area contributed by atoms with Gasteiger partial charge in [0.1, 0.15) is 5.75 Å². The molecule has 0 saturated carbocycles. The summed E-state index contributed by atoms with van der Waals surface area (Å²) in [4.78, 5) is 2.55. The van der Waals surface area contributed by atoms with Crippen molar-refractivity contribution in [2.45, 2.75) is 13.0 Å². The molecular weight excluding hydrogens is 318 g/mol. The Morgan fingerprint density at radius 1 is 1.47 bits per heavy atom. The lowest BCUT2D eigenvalue weighted by atomic mass is 10.1. The molecule has 0 amide bonds. The van der Waals surface area contributed by atoms with Crippen molar-refractivity contribution in [3.05, 3.63) is 36.6 Å². The number of nitrogens with one attached hydrogen (secondary N) is 1. The van der Waals surface area contributed by atoms with Gasteiger partial charge in [0.15, 0.2) is 0 Å². The standard InChI is InChI=1S/C12H14BrNOS2/c1-7-8(6-10(13)17-7)11(14-2)12-9(15-3)4-5-16-12/h4-6,11,14H,1-3H3. The maximum Gasteiger partial charge on any atom is 0.134 e. The van der Waals surface area contributed by atoms with Crippen molar-refractivity contribution in [2.75, 3.05) is 14.2 Å². The lowest BCUT2D eigenvalue weighted by Crippen LogP contribution is -2.17. The highest BCUT2D eigenvalue weighted by atomic mass is 79.9. The van der Waals surface area contributed by atoms with E-state index < -0.39 is 0 Å². The summed E-state index contributed by atoms with van der Waals surface area (Å²) >= 11 is 7.03. The zero-order valence-corrected chi connectivity index (χ0v) is 13.1. The third-order valence-corrected chi connectivity index (χ3v) is 5.20. The van der Waals surface area contributed by atoms with Crippen LogP contribution in [0.3, 0.4) is 0 Å². The maximum absolute atomic E-state index is 5.40. The first-order chi connectivity index (χ1) is 8.17. The van der Waals surface area contributed by atoms with Gasteiger partial charge in [-0.3, -0.25) is 0 Å². The molecule has 1 unspecified atom stereocenters. The number of aryl methyl sites for hydroxylation is 1. The monoisotopic (exact) mass is 331 g/mol. The predicted octanol–water partition coefficient (Wildman–Crippen LogP) is 4.20. The fourth-order valence-electron chi connectivity index (χ4n) is 1.86. The first-order valence-electron chi connectivity index (χ1n) is 5.21. The van der Waals surface area contributed by atoms with Crippen molar-refractivity contribution in [2.24, 2.45) is 0 Å². The molecule has 0 fully saturated rings. The molecule has 0 bridgehead atoms. The molecule has 0 aliphatic rings. The first-order valence-corrected chi connectivity index (χ1v) is 7.70. The Morgan fingerprint density at radius 3 is 2.76 bits per heavy atom. The summed E-state index contributed by atoms with van der Waals surface area (Å²) in [6.45, 7) is 2.15. The second-order valence-corrected chi connectivity index (χ2v) is 7.22. The van der Waals surface area contributed by atoms with Crippen LogP contribution in [0.5, 0.6) is 5.75 Å². The number of halogens is 1. The topological polar surface area (TPSA) is 21.3 Å². The maximum atomic E-state index is 5.40. The summed E-state index contributed by atoms with van der Waals surface area (Å²) in [7, 11) is 3.70. The quantitative estimate of drug-likeness (QED) is 0.906. The fourth-order valence-corrected chi connectivity index (χ4v) is 4.60. The average Bonchev–Trinajstić information content (AvgIpc) is 2.88. The van der Waals surface area contributed by atoms with Gasteiger partial charge in [0, 0.05) is 4.88 Å². The normalized spacial score (nSPS) is 12.7. The molecule has 17 heavy (non-hydrogen) atoms. The number of hydrogen-bond acceptors (Lipinski definition) is 4. The molecule has 1 N–H and O–H groups in total. The highest BCUT2D eigenvalue weighted by Crippen LogP contribution is 2.39. The summed E-state index contributed by atoms with van der Waals surface area (Å²) in [5.74, 6) is 0.955. The minimum Gasteiger partial charge on any atom is -0.496 e. The Hall–Kier alpha value is -0.360. The number of rotatable bonds is 4. The van der Waals surface area contributed by atoms with Crippen LogP contribution in [0.15, 0.2) is 21.3 Å². The van der Waals surface area contributed by atoms with E-state index in [4.69, 9.17) is 4.74 Å². The predicted molar refractivity (Wildman–Crippen MR) is 78.5 cm³/mol. The highest BCUT2D eigenvalue weighted by molar-refractivity contribution is 9.11. The first kappa shape index (κ1) is 13.1. The number of methoxy groups -OCH3 is 1. The molecule has 2 aromatic heterocycles. The molecule has 0 aliphatic carbocycles. The molecule has 5 heteroatoms. The van der Waals surface area contributed by atoms with Crippen LogP contribution in [-0.2, 0) is 0 Å². The third-order valence-electron chi connectivity index (χ3n) is 2.67. The van der Waals surface area contributed by atoms with Crippen molar-refractivity contribution in [3.63, 3.8) is 0 Å². The van der Waals surface area contributed by atoms with Crippen LogP contribution in [0.2, 0.25) is 0 Å². The SMILES string of the molecule is CNC(c1cc(Br)sc1C)c1sccc1OC. The molecule has 2 aromatic rings. The Kier molecular flexibility index (Phi) is 4.25. The van der Waals surface area contributed by atoms with Gasteiger partial charge in [-0.2, -0.15) is 0 Å². The zero-order valence-electron chi connectivity index (χ0n) is 9.91. The van der Waals surface area contributed by atoms with E-state index >= 15 is 0 Å². The van der Waals surface area contributed by atoms with Crippen LogP contribution in [0.1, 0.15) is 21.4 Å². The molecular formula is C12H14BrNOS2. The van der Waals surface area contributed by atoms with E-state index in [1.54, 1.807) is 29.8 Å². The van der Waals surface area contributed by atoms with E-state index in [2.05, 4.69) is 39.6 Å². The minimum absolute atomic E-state index is 0.201. The van der Waals surface area contributed by atoms with Crippen LogP contribution in [-0.4, -0.2) is 14.2 Å². The van der Waals surface area contributed by atoms with Gasteiger partial charge in [-0.05, 0) is 53.0 Å². The van der Waals surface area contributed by atoms with Gasteiger partial charge < -0.3 is 10.1 Å². The second-order valence-electron chi connectivity index (χ2n) is 3.64. The molecule has 2 rings (SSSR count). The molecule has 1 atom stereocenters. The molecule has 0 spiro atoms. The van der Waals surface area contributed by atoms with Crippen LogP contribution in [0.4, 0.5) is 0 Å². The summed E-state index contributed by atoms with van der Waals surface area (Å²) in [5, 5.41) is 5.43. The summed E-state index contributed by atoms with van der Waals surface area (Å²) < 4.78 is 6.57. The van der Waals surface area contributed by atoms with E-state index in [0.717, 1.165) is 5.75 Å². The molecule has 0 aromatic carbocycles. The van der Waals surface area contributed by atoms with Crippen molar-refractivity contribution >= 4 is 38.6 Å². The lowest BCUT2D eigenvalue weighted by molar-refractivity contribution is 0.408. The Labute approximate surface area is 118 Å². The van der Waals surface area contributed by atoms with E-state index in [1.165, 1.54) is 19.1 Å². The molecule has 0 aliphatic heterocycles. The Balaban J connectivity index is 2.43. The van der Waals surface area contributed by atoms with Crippen molar-refractivity contribution < 1.29 is 4.74 Å². The van der Waals surface area contributed by atoms with E-state index in [-0.39, 0.29) is 6.04 Å². The van der Waals surface area contributed by atoms with Crippen LogP contribution in [0, 0.1) is 6.92 Å². The fraction of sp³-hybridized carbons (Fsp3) is 0.333. The molecule has 2 heterocycles. The van der Waals surface area contributed by atoms with Crippen LogP contribution < -0.4 is 10.1 Å². The lowest BCUT2D eigenvalue weighted by Gasteiger charge is -2.16. The average molecular weight is 332 g/mol. The second kappa shape index (κ2) is 5.52. The van der Waals surface area contributed by atoms with Gasteiger partial charge in [0.2, 0.25) is 0 Å². The van der Waals surface area contributed by atoms with E-state index in [0.29, 0.717) is 0 Å². The molecule has 92 valence electrons. The van der Waals surface area contributed by atoms with Crippen LogP contribution in [0.25, 0.3) is 0 Å².